The maximum Gasteiger partial charge on any atom is 0.282 e. The number of aromatic nitrogens is 1. The van der Waals surface area contributed by atoms with Gasteiger partial charge in [-0.05, 0) is 31.2 Å². The molecule has 10 nitrogen and oxygen atoms in total. The highest BCUT2D eigenvalue weighted by Gasteiger charge is 2.44. The number of halogens is 1. The molecule has 0 aliphatic carbocycles. The third-order valence-electron chi connectivity index (χ3n) is 5.07. The summed E-state index contributed by atoms with van der Waals surface area (Å²) in [6, 6.07) is 6.76. The van der Waals surface area contributed by atoms with Gasteiger partial charge in [0.2, 0.25) is 5.91 Å². The Morgan fingerprint density at radius 2 is 2.03 bits per heavy atom. The van der Waals surface area contributed by atoms with Gasteiger partial charge in [0.05, 0.1) is 23.3 Å². The van der Waals surface area contributed by atoms with Crippen molar-refractivity contribution in [2.24, 2.45) is 0 Å². The minimum absolute atomic E-state index is 0.0810. The molecule has 0 saturated heterocycles. The first-order valence-electron chi connectivity index (χ1n) is 9.48. The Kier molecular flexibility index (Phi) is 5.60. The number of anilines is 1. The number of imide groups is 1. The Labute approximate surface area is 189 Å². The smallest absolute Gasteiger partial charge is 0.282 e. The second-order valence-electron chi connectivity index (χ2n) is 6.99. The maximum atomic E-state index is 14.0. The van der Waals surface area contributed by atoms with E-state index in [2.05, 4.69) is 10.3 Å². The average molecular weight is 470 g/mol. The van der Waals surface area contributed by atoms with Crippen LogP contribution in [0.25, 0.3) is 11.3 Å². The lowest BCUT2D eigenvalue weighted by Gasteiger charge is -2.20. The predicted molar refractivity (Wildman–Crippen MR) is 116 cm³/mol. The Balaban J connectivity index is 1.53. The third kappa shape index (κ3) is 3.80. The molecule has 33 heavy (non-hydrogen) atoms. The van der Waals surface area contributed by atoms with E-state index in [1.54, 1.807) is 11.4 Å². The molecular weight excluding hydrogens is 455 g/mol. The number of benzene rings is 2. The summed E-state index contributed by atoms with van der Waals surface area (Å²) in [5.74, 6) is -2.92. The molecule has 3 aromatic rings. The number of carbonyl (C=O) groups is 3. The Hall–Kier alpha value is -4.19. The van der Waals surface area contributed by atoms with Crippen LogP contribution in [0, 0.1) is 15.9 Å². The summed E-state index contributed by atoms with van der Waals surface area (Å²) in [6.45, 7) is 1.33. The lowest BCUT2D eigenvalue weighted by molar-refractivity contribution is -0.385. The van der Waals surface area contributed by atoms with Crippen molar-refractivity contribution in [1.29, 1.82) is 0 Å². The van der Waals surface area contributed by atoms with Crippen LogP contribution in [-0.2, 0) is 4.79 Å². The first-order valence-corrected chi connectivity index (χ1v) is 10.4. The van der Waals surface area contributed by atoms with Gasteiger partial charge in [0, 0.05) is 17.0 Å². The van der Waals surface area contributed by atoms with Crippen LogP contribution in [0.5, 0.6) is 5.75 Å². The van der Waals surface area contributed by atoms with Crippen LogP contribution < -0.4 is 10.1 Å². The summed E-state index contributed by atoms with van der Waals surface area (Å²) >= 11 is 1.07. The van der Waals surface area contributed by atoms with Crippen LogP contribution in [0.15, 0.2) is 41.8 Å². The van der Waals surface area contributed by atoms with Crippen LogP contribution in [0.1, 0.15) is 27.6 Å². The summed E-state index contributed by atoms with van der Waals surface area (Å²) in [4.78, 5) is 53.6. The molecule has 1 aromatic heterocycles. The predicted octanol–water partition coefficient (Wildman–Crippen LogP) is 3.49. The van der Waals surface area contributed by atoms with Crippen molar-refractivity contribution >= 4 is 39.9 Å². The second-order valence-corrected chi connectivity index (χ2v) is 7.85. The van der Waals surface area contributed by atoms with Crippen LogP contribution in [-0.4, -0.2) is 45.7 Å². The van der Waals surface area contributed by atoms with E-state index >= 15 is 0 Å². The number of nitrogens with one attached hydrogen (secondary N) is 1. The zero-order valence-electron chi connectivity index (χ0n) is 17.2. The topological polar surface area (TPSA) is 132 Å². The fourth-order valence-corrected chi connectivity index (χ4v) is 4.13. The van der Waals surface area contributed by atoms with Crippen molar-refractivity contribution in [2.75, 3.05) is 12.4 Å². The van der Waals surface area contributed by atoms with E-state index in [1.165, 1.54) is 38.3 Å². The van der Waals surface area contributed by atoms with Crippen LogP contribution >= 0.6 is 11.3 Å². The molecular formula is C21H15FN4O6S. The Morgan fingerprint density at radius 1 is 1.27 bits per heavy atom. The number of nitro groups is 1. The number of fused-ring (bicyclic) bond motifs is 1. The van der Waals surface area contributed by atoms with E-state index in [4.69, 9.17) is 4.74 Å². The van der Waals surface area contributed by atoms with E-state index in [0.717, 1.165) is 17.4 Å². The lowest BCUT2D eigenvalue weighted by atomic mass is 10.1. The zero-order chi connectivity index (χ0) is 23.9. The first kappa shape index (κ1) is 22.0. The number of amides is 3. The third-order valence-corrected chi connectivity index (χ3v) is 5.83. The molecule has 0 spiro atoms. The highest BCUT2D eigenvalue weighted by atomic mass is 32.1. The molecule has 3 amide bonds. The summed E-state index contributed by atoms with van der Waals surface area (Å²) in [6.07, 6.45) is 0. The number of hydrogen-bond acceptors (Lipinski definition) is 8. The Morgan fingerprint density at radius 3 is 2.70 bits per heavy atom. The standard InChI is InChI=1S/C21H15FN4O6S/c1-10(25-19(28)12-4-3-5-15(26(30)31)17(12)20(25)29)18(27)24-21-23-14(9-33-21)11-6-7-16(32-2)13(22)8-11/h3-10H,1-2H3,(H,23,24,27)/t10-/m0/s1. The van der Waals surface area contributed by atoms with Crippen molar-refractivity contribution in [3.05, 3.63) is 68.8 Å². The number of nitrogens with zero attached hydrogens (tertiary/aromatic N) is 3. The molecule has 0 saturated carbocycles. The summed E-state index contributed by atoms with van der Waals surface area (Å²) in [5.41, 5.74) is -0.110. The van der Waals surface area contributed by atoms with Gasteiger partial charge in [-0.2, -0.15) is 0 Å². The quantitative estimate of drug-likeness (QED) is 0.331. The molecule has 0 radical (unpaired) electrons. The maximum absolute atomic E-state index is 14.0. The highest BCUT2D eigenvalue weighted by Crippen LogP contribution is 2.33. The molecule has 4 rings (SSSR count). The van der Waals surface area contributed by atoms with Gasteiger partial charge in [0.15, 0.2) is 16.7 Å². The molecule has 1 atom stereocenters. The second kappa shape index (κ2) is 8.39. The normalized spacial score (nSPS) is 13.6. The molecule has 2 heterocycles. The number of thiazole rings is 1. The molecule has 12 heteroatoms. The van der Waals surface area contributed by atoms with E-state index in [1.807, 2.05) is 0 Å². The molecule has 1 N–H and O–H groups in total. The number of ether oxygens (including phenoxy) is 1. The SMILES string of the molecule is COc1ccc(-c2csc(NC(=O)[C@H](C)N3C(=O)c4cccc([N+](=O)[O-])c4C3=O)n2)cc1F. The van der Waals surface area contributed by atoms with Crippen molar-refractivity contribution in [2.45, 2.75) is 13.0 Å². The largest absolute Gasteiger partial charge is 0.494 e. The van der Waals surface area contributed by atoms with Gasteiger partial charge in [-0.1, -0.05) is 6.07 Å². The first-order chi connectivity index (χ1) is 15.7. The molecule has 0 unspecified atom stereocenters. The van der Waals surface area contributed by atoms with Crippen molar-refractivity contribution < 1.29 is 28.4 Å². The molecule has 0 fully saturated rings. The molecule has 1 aliphatic rings. The van der Waals surface area contributed by atoms with Gasteiger partial charge in [-0.15, -0.1) is 11.3 Å². The summed E-state index contributed by atoms with van der Waals surface area (Å²) in [7, 11) is 1.35. The molecule has 2 aromatic carbocycles. The number of methoxy groups -OCH3 is 1. The fraction of sp³-hybridized carbons (Fsp3) is 0.143. The summed E-state index contributed by atoms with van der Waals surface area (Å²) < 4.78 is 18.8. The van der Waals surface area contributed by atoms with E-state index in [9.17, 15) is 28.9 Å². The highest BCUT2D eigenvalue weighted by molar-refractivity contribution is 7.14. The van der Waals surface area contributed by atoms with Crippen LogP contribution in [0.2, 0.25) is 0 Å². The van der Waals surface area contributed by atoms with Gasteiger partial charge in [-0.25, -0.2) is 9.37 Å². The van der Waals surface area contributed by atoms with Gasteiger partial charge in [0.1, 0.15) is 11.6 Å². The van der Waals surface area contributed by atoms with E-state index in [-0.39, 0.29) is 22.0 Å². The number of hydrogen-bond donors (Lipinski definition) is 1. The fourth-order valence-electron chi connectivity index (χ4n) is 3.41. The number of carbonyl (C=O) groups excluding carboxylic acids is 3. The molecule has 1 aliphatic heterocycles. The van der Waals surface area contributed by atoms with Gasteiger partial charge >= 0.3 is 0 Å². The average Bonchev–Trinajstić information content (AvgIpc) is 3.35. The van der Waals surface area contributed by atoms with Gasteiger partial charge in [-0.3, -0.25) is 29.4 Å². The van der Waals surface area contributed by atoms with Crippen molar-refractivity contribution in [3.8, 4) is 17.0 Å². The number of rotatable bonds is 6. The zero-order valence-corrected chi connectivity index (χ0v) is 18.0. The Bertz CT molecular complexity index is 1320. The van der Waals surface area contributed by atoms with Crippen LogP contribution in [0.4, 0.5) is 15.2 Å². The minimum Gasteiger partial charge on any atom is -0.494 e. The van der Waals surface area contributed by atoms with Gasteiger partial charge in [0.25, 0.3) is 17.5 Å². The van der Waals surface area contributed by atoms with E-state index < -0.39 is 40.2 Å². The van der Waals surface area contributed by atoms with Crippen molar-refractivity contribution in [3.63, 3.8) is 0 Å². The van der Waals surface area contributed by atoms with E-state index in [0.29, 0.717) is 16.2 Å². The summed E-state index contributed by atoms with van der Waals surface area (Å²) in [5, 5.41) is 15.5. The monoisotopic (exact) mass is 470 g/mol. The van der Waals surface area contributed by atoms with Crippen molar-refractivity contribution in [1.82, 2.24) is 9.88 Å². The molecule has 168 valence electrons. The van der Waals surface area contributed by atoms with Crippen LogP contribution in [0.3, 0.4) is 0 Å². The lowest BCUT2D eigenvalue weighted by Crippen LogP contribution is -2.45. The van der Waals surface area contributed by atoms with Gasteiger partial charge < -0.3 is 10.1 Å². The molecule has 0 bridgehead atoms. The number of nitro benzene ring substituents is 1. The minimum atomic E-state index is -1.26.